The van der Waals surface area contributed by atoms with Gasteiger partial charge in [0.2, 0.25) is 0 Å². The molecule has 3 aromatic rings. The fourth-order valence-electron chi connectivity index (χ4n) is 3.81. The maximum Gasteiger partial charge on any atom is 0.276 e. The van der Waals surface area contributed by atoms with Crippen LogP contribution in [0.25, 0.3) is 0 Å². The number of para-hydroxylation sites is 1. The SMILES string of the molecule is CCc1ccccc1NC(=O)c1c2c(cn(C)c1=O)CN(C(=O)c1cocn1)CC2. The first kappa shape index (κ1) is 19.6. The maximum atomic E-state index is 13.1. The van der Waals surface area contributed by atoms with E-state index in [9.17, 15) is 14.4 Å². The number of carbonyl (C=O) groups is 2. The predicted octanol–water partition coefficient (Wildman–Crippen LogP) is 2.39. The summed E-state index contributed by atoms with van der Waals surface area (Å²) in [5.74, 6) is -0.671. The highest BCUT2D eigenvalue weighted by atomic mass is 16.3. The lowest BCUT2D eigenvalue weighted by molar-refractivity contribution is 0.0728. The minimum atomic E-state index is -0.426. The van der Waals surface area contributed by atoms with E-state index in [0.29, 0.717) is 30.8 Å². The number of aromatic nitrogens is 2. The van der Waals surface area contributed by atoms with E-state index in [1.807, 2.05) is 31.2 Å². The van der Waals surface area contributed by atoms with Gasteiger partial charge in [0.15, 0.2) is 12.1 Å². The quantitative estimate of drug-likeness (QED) is 0.718. The number of oxazole rings is 1. The summed E-state index contributed by atoms with van der Waals surface area (Å²) in [7, 11) is 1.61. The van der Waals surface area contributed by atoms with Gasteiger partial charge in [0.05, 0.1) is 0 Å². The van der Waals surface area contributed by atoms with E-state index < -0.39 is 5.91 Å². The molecule has 0 spiro atoms. The third-order valence-corrected chi connectivity index (χ3v) is 5.38. The largest absolute Gasteiger partial charge is 0.451 e. The van der Waals surface area contributed by atoms with Crippen molar-refractivity contribution in [2.75, 3.05) is 11.9 Å². The van der Waals surface area contributed by atoms with E-state index in [1.165, 1.54) is 17.2 Å². The van der Waals surface area contributed by atoms with Gasteiger partial charge < -0.3 is 19.2 Å². The Morgan fingerprint density at radius 1 is 1.27 bits per heavy atom. The average Bonchev–Trinajstić information content (AvgIpc) is 3.29. The number of carbonyl (C=O) groups excluding carboxylic acids is 2. The first-order valence-corrected chi connectivity index (χ1v) is 9.77. The van der Waals surface area contributed by atoms with Gasteiger partial charge >= 0.3 is 0 Å². The molecule has 1 aliphatic rings. The monoisotopic (exact) mass is 406 g/mol. The molecule has 8 nitrogen and oxygen atoms in total. The second-order valence-corrected chi connectivity index (χ2v) is 7.24. The van der Waals surface area contributed by atoms with Gasteiger partial charge in [0.1, 0.15) is 11.8 Å². The maximum absolute atomic E-state index is 13.1. The molecule has 0 unspecified atom stereocenters. The molecule has 1 aromatic carbocycles. The van der Waals surface area contributed by atoms with Gasteiger partial charge in [-0.25, -0.2) is 4.98 Å². The number of nitrogens with zero attached hydrogens (tertiary/aromatic N) is 3. The standard InChI is InChI=1S/C22H22N4O4/c1-3-14-6-4-5-7-17(14)24-20(27)19-16-8-9-26(21(28)18-12-30-13-23-18)11-15(16)10-25(2)22(19)29/h4-7,10,12-13H,3,8-9,11H2,1-2H3,(H,24,27). The molecule has 30 heavy (non-hydrogen) atoms. The highest BCUT2D eigenvalue weighted by Gasteiger charge is 2.29. The summed E-state index contributed by atoms with van der Waals surface area (Å²) < 4.78 is 6.29. The predicted molar refractivity (Wildman–Crippen MR) is 110 cm³/mol. The van der Waals surface area contributed by atoms with E-state index >= 15 is 0 Å². The molecule has 0 saturated carbocycles. The number of benzene rings is 1. The Labute approximate surface area is 173 Å². The first-order chi connectivity index (χ1) is 14.5. The number of aryl methyl sites for hydroxylation is 2. The molecule has 1 aliphatic heterocycles. The molecule has 8 heteroatoms. The van der Waals surface area contributed by atoms with Crippen LogP contribution in [0.4, 0.5) is 5.69 Å². The number of amides is 2. The van der Waals surface area contributed by atoms with Crippen LogP contribution in [0.3, 0.4) is 0 Å². The average molecular weight is 406 g/mol. The van der Waals surface area contributed by atoms with Crippen LogP contribution in [0.2, 0.25) is 0 Å². The molecular weight excluding hydrogens is 384 g/mol. The molecular formula is C22H22N4O4. The summed E-state index contributed by atoms with van der Waals surface area (Å²) in [4.78, 5) is 44.1. The van der Waals surface area contributed by atoms with Gasteiger partial charge in [0.25, 0.3) is 17.4 Å². The highest BCUT2D eigenvalue weighted by Crippen LogP contribution is 2.23. The molecule has 0 aliphatic carbocycles. The van der Waals surface area contributed by atoms with E-state index in [4.69, 9.17) is 4.42 Å². The van der Waals surface area contributed by atoms with Gasteiger partial charge in [-0.1, -0.05) is 25.1 Å². The number of rotatable bonds is 4. The smallest absolute Gasteiger partial charge is 0.276 e. The van der Waals surface area contributed by atoms with E-state index in [0.717, 1.165) is 17.5 Å². The van der Waals surface area contributed by atoms with Crippen molar-refractivity contribution in [3.63, 3.8) is 0 Å². The number of pyridine rings is 1. The summed E-state index contributed by atoms with van der Waals surface area (Å²) in [5, 5.41) is 2.90. The zero-order valence-corrected chi connectivity index (χ0v) is 16.8. The molecule has 0 saturated heterocycles. The normalized spacial score (nSPS) is 13.1. The Bertz CT molecular complexity index is 1160. The topological polar surface area (TPSA) is 97.4 Å². The minimum absolute atomic E-state index is 0.134. The number of anilines is 1. The molecule has 0 fully saturated rings. The van der Waals surface area contributed by atoms with Crippen LogP contribution in [0, 0.1) is 0 Å². The van der Waals surface area contributed by atoms with Crippen molar-refractivity contribution >= 4 is 17.5 Å². The van der Waals surface area contributed by atoms with Gasteiger partial charge in [-0.15, -0.1) is 0 Å². The highest BCUT2D eigenvalue weighted by molar-refractivity contribution is 6.05. The zero-order valence-electron chi connectivity index (χ0n) is 16.8. The zero-order chi connectivity index (χ0) is 21.3. The van der Waals surface area contributed by atoms with Crippen molar-refractivity contribution in [2.45, 2.75) is 26.3 Å². The Hall–Kier alpha value is -3.68. The van der Waals surface area contributed by atoms with Crippen molar-refractivity contribution in [2.24, 2.45) is 7.05 Å². The Morgan fingerprint density at radius 3 is 2.80 bits per heavy atom. The number of hydrogen-bond acceptors (Lipinski definition) is 5. The molecule has 2 amide bonds. The lowest BCUT2D eigenvalue weighted by Crippen LogP contribution is -2.40. The molecule has 3 heterocycles. The van der Waals surface area contributed by atoms with E-state index in [-0.39, 0.29) is 22.7 Å². The molecule has 0 bridgehead atoms. The van der Waals surface area contributed by atoms with Crippen LogP contribution in [0.1, 0.15) is 44.5 Å². The van der Waals surface area contributed by atoms with Crippen LogP contribution in [0.5, 0.6) is 0 Å². The Balaban J connectivity index is 1.67. The van der Waals surface area contributed by atoms with Crippen molar-refractivity contribution in [3.05, 3.63) is 81.4 Å². The van der Waals surface area contributed by atoms with Gasteiger partial charge in [-0.2, -0.15) is 0 Å². The Morgan fingerprint density at radius 2 is 2.07 bits per heavy atom. The minimum Gasteiger partial charge on any atom is -0.451 e. The van der Waals surface area contributed by atoms with Crippen LogP contribution < -0.4 is 10.9 Å². The van der Waals surface area contributed by atoms with Crippen LogP contribution >= 0.6 is 0 Å². The molecule has 0 radical (unpaired) electrons. The van der Waals surface area contributed by atoms with Crippen molar-refractivity contribution in [3.8, 4) is 0 Å². The number of fused-ring (bicyclic) bond motifs is 1. The third kappa shape index (κ3) is 3.52. The number of nitrogens with one attached hydrogen (secondary N) is 1. The van der Waals surface area contributed by atoms with Crippen LogP contribution in [-0.4, -0.2) is 32.8 Å². The summed E-state index contributed by atoms with van der Waals surface area (Å²) in [6.07, 6.45) is 5.39. The summed E-state index contributed by atoms with van der Waals surface area (Å²) >= 11 is 0. The molecule has 154 valence electrons. The van der Waals surface area contributed by atoms with Gasteiger partial charge in [0, 0.05) is 32.0 Å². The summed E-state index contributed by atoms with van der Waals surface area (Å²) in [5.41, 5.74) is 3.17. The summed E-state index contributed by atoms with van der Waals surface area (Å²) in [6.45, 7) is 2.69. The van der Waals surface area contributed by atoms with Crippen LogP contribution in [0.15, 0.2) is 52.3 Å². The number of hydrogen-bond donors (Lipinski definition) is 1. The third-order valence-electron chi connectivity index (χ3n) is 5.38. The lowest BCUT2D eigenvalue weighted by atomic mass is 9.95. The molecule has 2 aromatic heterocycles. The van der Waals surface area contributed by atoms with Gasteiger partial charge in [-0.05, 0) is 35.6 Å². The fourth-order valence-corrected chi connectivity index (χ4v) is 3.81. The second kappa shape index (κ2) is 7.98. The van der Waals surface area contributed by atoms with Crippen LogP contribution in [-0.2, 0) is 26.4 Å². The van der Waals surface area contributed by atoms with E-state index in [1.54, 1.807) is 18.1 Å². The molecule has 4 rings (SSSR count). The molecule has 1 N–H and O–H groups in total. The van der Waals surface area contributed by atoms with Crippen molar-refractivity contribution in [1.29, 1.82) is 0 Å². The first-order valence-electron chi connectivity index (χ1n) is 9.77. The van der Waals surface area contributed by atoms with E-state index in [2.05, 4.69) is 10.3 Å². The Kier molecular flexibility index (Phi) is 5.22. The van der Waals surface area contributed by atoms with Gasteiger partial charge in [-0.3, -0.25) is 14.4 Å². The summed E-state index contributed by atoms with van der Waals surface area (Å²) in [6, 6.07) is 7.54. The lowest BCUT2D eigenvalue weighted by Gasteiger charge is -2.29. The fraction of sp³-hybridized carbons (Fsp3) is 0.273. The molecule has 0 atom stereocenters. The van der Waals surface area contributed by atoms with Crippen molar-refractivity contribution in [1.82, 2.24) is 14.5 Å². The second-order valence-electron chi connectivity index (χ2n) is 7.24. The van der Waals surface area contributed by atoms with Crippen molar-refractivity contribution < 1.29 is 14.0 Å².